The molecule has 3 fully saturated rings. The zero-order valence-electron chi connectivity index (χ0n) is 8.13. The van der Waals surface area contributed by atoms with Gasteiger partial charge in [-0.1, -0.05) is 0 Å². The van der Waals surface area contributed by atoms with Crippen LogP contribution < -0.4 is 0 Å². The highest BCUT2D eigenvalue weighted by Crippen LogP contribution is 2.48. The summed E-state index contributed by atoms with van der Waals surface area (Å²) < 4.78 is 11.5. The number of rotatable bonds is 0. The molecule has 74 valence electrons. The van der Waals surface area contributed by atoms with Crippen molar-refractivity contribution in [3.8, 4) is 0 Å². The van der Waals surface area contributed by atoms with Gasteiger partial charge in [-0.05, 0) is 43.9 Å². The second kappa shape index (κ2) is 2.96. The summed E-state index contributed by atoms with van der Waals surface area (Å²) in [6.45, 7) is 2.86. The van der Waals surface area contributed by atoms with Crippen LogP contribution in [0.1, 0.15) is 32.1 Å². The van der Waals surface area contributed by atoms with Gasteiger partial charge in [-0.2, -0.15) is 0 Å². The Labute approximate surface area is 79.6 Å². The van der Waals surface area contributed by atoms with Gasteiger partial charge in [0.15, 0.2) is 0 Å². The average molecular weight is 182 g/mol. The number of hydrogen-bond donors (Lipinski definition) is 0. The molecule has 0 bridgehead atoms. The molecule has 1 aliphatic carbocycles. The summed E-state index contributed by atoms with van der Waals surface area (Å²) in [4.78, 5) is 0. The second-order valence-electron chi connectivity index (χ2n) is 4.90. The van der Waals surface area contributed by atoms with Crippen molar-refractivity contribution < 1.29 is 9.47 Å². The van der Waals surface area contributed by atoms with E-state index in [0.29, 0.717) is 0 Å². The lowest BCUT2D eigenvalue weighted by Gasteiger charge is -2.36. The summed E-state index contributed by atoms with van der Waals surface area (Å²) in [5.41, 5.74) is 0.228. The molecule has 2 heteroatoms. The summed E-state index contributed by atoms with van der Waals surface area (Å²) in [6, 6.07) is 0. The van der Waals surface area contributed by atoms with Crippen molar-refractivity contribution in [2.45, 2.75) is 37.7 Å². The van der Waals surface area contributed by atoms with E-state index in [1.54, 1.807) is 0 Å². The van der Waals surface area contributed by atoms with Crippen LogP contribution in [-0.2, 0) is 9.47 Å². The summed E-state index contributed by atoms with van der Waals surface area (Å²) in [6.07, 6.45) is 6.40. The van der Waals surface area contributed by atoms with Crippen LogP contribution >= 0.6 is 0 Å². The lowest BCUT2D eigenvalue weighted by atomic mass is 9.88. The summed E-state index contributed by atoms with van der Waals surface area (Å²) in [5, 5.41) is 0. The lowest BCUT2D eigenvalue weighted by Crippen LogP contribution is -2.39. The molecule has 0 radical (unpaired) electrons. The fourth-order valence-corrected chi connectivity index (χ4v) is 2.81. The quantitative estimate of drug-likeness (QED) is 0.570. The minimum atomic E-state index is 0.228. The van der Waals surface area contributed by atoms with Crippen LogP contribution in [0.5, 0.6) is 0 Å². The minimum Gasteiger partial charge on any atom is -0.381 e. The van der Waals surface area contributed by atoms with E-state index in [-0.39, 0.29) is 5.60 Å². The first kappa shape index (κ1) is 8.25. The van der Waals surface area contributed by atoms with Gasteiger partial charge in [0.2, 0.25) is 0 Å². The summed E-state index contributed by atoms with van der Waals surface area (Å²) >= 11 is 0. The van der Waals surface area contributed by atoms with Crippen molar-refractivity contribution in [3.63, 3.8) is 0 Å². The highest BCUT2D eigenvalue weighted by atomic mass is 16.5. The Morgan fingerprint density at radius 1 is 1.00 bits per heavy atom. The van der Waals surface area contributed by atoms with E-state index in [4.69, 9.17) is 9.47 Å². The van der Waals surface area contributed by atoms with E-state index in [2.05, 4.69) is 0 Å². The predicted octanol–water partition coefficient (Wildman–Crippen LogP) is 1.98. The first-order chi connectivity index (χ1) is 6.38. The number of ether oxygens (including phenoxy) is 2. The van der Waals surface area contributed by atoms with Crippen molar-refractivity contribution in [2.75, 3.05) is 19.8 Å². The summed E-state index contributed by atoms with van der Waals surface area (Å²) in [7, 11) is 0. The molecular weight excluding hydrogens is 164 g/mol. The Kier molecular flexibility index (Phi) is 1.88. The Morgan fingerprint density at radius 3 is 2.69 bits per heavy atom. The molecule has 2 saturated heterocycles. The van der Waals surface area contributed by atoms with Gasteiger partial charge in [-0.15, -0.1) is 0 Å². The molecule has 1 spiro atoms. The average Bonchev–Trinajstić information content (AvgIpc) is 2.92. The molecule has 2 aliphatic heterocycles. The van der Waals surface area contributed by atoms with Crippen molar-refractivity contribution in [1.29, 1.82) is 0 Å². The van der Waals surface area contributed by atoms with Crippen molar-refractivity contribution in [3.05, 3.63) is 0 Å². The highest BCUT2D eigenvalue weighted by Gasteiger charge is 2.45. The first-order valence-electron chi connectivity index (χ1n) is 5.60. The Hall–Kier alpha value is -0.0800. The maximum Gasteiger partial charge on any atom is 0.0726 e. The molecule has 0 unspecified atom stereocenters. The smallest absolute Gasteiger partial charge is 0.0726 e. The molecule has 0 N–H and O–H groups in total. The monoisotopic (exact) mass is 182 g/mol. The van der Waals surface area contributed by atoms with Crippen LogP contribution in [0.3, 0.4) is 0 Å². The van der Waals surface area contributed by atoms with Crippen LogP contribution in [0, 0.1) is 11.8 Å². The molecule has 3 aliphatic rings. The minimum absolute atomic E-state index is 0.228. The third-order valence-electron chi connectivity index (χ3n) is 4.05. The van der Waals surface area contributed by atoms with Crippen LogP contribution in [0.25, 0.3) is 0 Å². The van der Waals surface area contributed by atoms with Gasteiger partial charge in [0.05, 0.1) is 12.2 Å². The van der Waals surface area contributed by atoms with Gasteiger partial charge >= 0.3 is 0 Å². The zero-order chi connectivity index (χ0) is 8.73. The van der Waals surface area contributed by atoms with E-state index < -0.39 is 0 Å². The third-order valence-corrected chi connectivity index (χ3v) is 4.05. The molecule has 0 amide bonds. The Balaban J connectivity index is 1.68. The van der Waals surface area contributed by atoms with Crippen LogP contribution in [0.4, 0.5) is 0 Å². The maximum atomic E-state index is 6.11. The second-order valence-corrected chi connectivity index (χ2v) is 4.90. The number of hydrogen-bond acceptors (Lipinski definition) is 2. The zero-order valence-corrected chi connectivity index (χ0v) is 8.13. The fourth-order valence-electron chi connectivity index (χ4n) is 2.81. The SMILES string of the molecule is C1CC2(CCO1)CC[C@H]1C[C@H]1CO2. The van der Waals surface area contributed by atoms with Crippen LogP contribution in [-0.4, -0.2) is 25.4 Å². The predicted molar refractivity (Wildman–Crippen MR) is 49.6 cm³/mol. The van der Waals surface area contributed by atoms with Gasteiger partial charge in [0.25, 0.3) is 0 Å². The van der Waals surface area contributed by atoms with Crippen LogP contribution in [0.15, 0.2) is 0 Å². The maximum absolute atomic E-state index is 6.11. The molecule has 13 heavy (non-hydrogen) atoms. The first-order valence-corrected chi connectivity index (χ1v) is 5.60. The molecule has 2 atom stereocenters. The molecule has 0 aromatic heterocycles. The van der Waals surface area contributed by atoms with Crippen LogP contribution in [0.2, 0.25) is 0 Å². The van der Waals surface area contributed by atoms with E-state index in [1.807, 2.05) is 0 Å². The van der Waals surface area contributed by atoms with Crippen molar-refractivity contribution in [1.82, 2.24) is 0 Å². The Bertz CT molecular complexity index is 182. The van der Waals surface area contributed by atoms with E-state index in [1.165, 1.54) is 19.3 Å². The molecule has 2 heterocycles. The van der Waals surface area contributed by atoms with Gasteiger partial charge in [-0.25, -0.2) is 0 Å². The van der Waals surface area contributed by atoms with Gasteiger partial charge < -0.3 is 9.47 Å². The number of fused-ring (bicyclic) bond motifs is 1. The highest BCUT2D eigenvalue weighted by molar-refractivity contribution is 4.94. The molecule has 2 nitrogen and oxygen atoms in total. The molecule has 1 saturated carbocycles. The fraction of sp³-hybridized carbons (Fsp3) is 1.00. The summed E-state index contributed by atoms with van der Waals surface area (Å²) in [5.74, 6) is 1.93. The van der Waals surface area contributed by atoms with E-state index in [0.717, 1.165) is 44.5 Å². The van der Waals surface area contributed by atoms with Gasteiger partial charge in [0.1, 0.15) is 0 Å². The van der Waals surface area contributed by atoms with Crippen molar-refractivity contribution >= 4 is 0 Å². The molecule has 0 aromatic rings. The van der Waals surface area contributed by atoms with Crippen molar-refractivity contribution in [2.24, 2.45) is 11.8 Å². The third kappa shape index (κ3) is 1.50. The van der Waals surface area contributed by atoms with Gasteiger partial charge in [0, 0.05) is 13.2 Å². The molecule has 3 rings (SSSR count). The topological polar surface area (TPSA) is 18.5 Å². The van der Waals surface area contributed by atoms with Gasteiger partial charge in [-0.3, -0.25) is 0 Å². The Morgan fingerprint density at radius 2 is 1.85 bits per heavy atom. The molecule has 0 aromatic carbocycles. The van der Waals surface area contributed by atoms with E-state index in [9.17, 15) is 0 Å². The normalized spacial score (nSPS) is 42.5. The molecular formula is C11H18O2. The van der Waals surface area contributed by atoms with E-state index >= 15 is 0 Å². The largest absolute Gasteiger partial charge is 0.381 e. The standard InChI is InChI=1S/C11H18O2/c1-2-11(3-5-12-6-4-11)13-8-10-7-9(1)10/h9-10H,1-8H2/t9-,10-/m0/s1. The lowest BCUT2D eigenvalue weighted by molar-refractivity contribution is -0.113.